The van der Waals surface area contributed by atoms with Gasteiger partial charge in [0.15, 0.2) is 0 Å². The van der Waals surface area contributed by atoms with E-state index < -0.39 is 12.1 Å². The Hall–Kier alpha value is -0.100. The smallest absolute Gasteiger partial charge is 0.0551 e. The van der Waals surface area contributed by atoms with Gasteiger partial charge in [-0.15, -0.1) is 0 Å². The summed E-state index contributed by atoms with van der Waals surface area (Å²) in [7, 11) is 0. The van der Waals surface area contributed by atoms with Crippen molar-refractivity contribution in [2.45, 2.75) is 12.1 Å². The first kappa shape index (κ1) is 16.3. The molecule has 0 aliphatic rings. The molecule has 0 saturated carbocycles. The largest absolute Gasteiger partial charge is 0.322 e. The molecule has 0 saturated heterocycles. The van der Waals surface area contributed by atoms with Gasteiger partial charge in [-0.25, -0.2) is 0 Å². The Morgan fingerprint density at radius 3 is 1.45 bits per heavy atom. The van der Waals surface area contributed by atoms with Crippen molar-refractivity contribution in [2.24, 2.45) is 11.5 Å². The molecule has 4 N–H and O–H groups in total. The molecule has 20 heavy (non-hydrogen) atoms. The van der Waals surface area contributed by atoms with Gasteiger partial charge in [-0.2, -0.15) is 0 Å². The second kappa shape index (κ2) is 6.77. The average molecular weight is 439 g/mol. The fraction of sp³-hybridized carbons (Fsp3) is 0.143. The van der Waals surface area contributed by atoms with E-state index in [1.807, 2.05) is 24.3 Å². The van der Waals surface area contributed by atoms with Crippen molar-refractivity contribution in [2.75, 3.05) is 0 Å². The Labute approximate surface area is 144 Å². The zero-order chi connectivity index (χ0) is 14.9. The molecule has 2 aromatic rings. The van der Waals surface area contributed by atoms with Gasteiger partial charge in [-0.3, -0.25) is 0 Å². The van der Waals surface area contributed by atoms with Crippen LogP contribution in [0.2, 0.25) is 10.0 Å². The third-order valence-electron chi connectivity index (χ3n) is 3.07. The van der Waals surface area contributed by atoms with Gasteiger partial charge in [0.25, 0.3) is 0 Å². The molecule has 6 heteroatoms. The van der Waals surface area contributed by atoms with Crippen LogP contribution in [0, 0.1) is 0 Å². The van der Waals surface area contributed by atoms with E-state index in [-0.39, 0.29) is 0 Å². The fourth-order valence-electron chi connectivity index (χ4n) is 1.94. The molecular formula is C14H12Br2Cl2N2. The number of halogens is 4. The monoisotopic (exact) mass is 436 g/mol. The van der Waals surface area contributed by atoms with Crippen molar-refractivity contribution in [1.82, 2.24) is 0 Å². The third-order valence-corrected chi connectivity index (χ3v) is 5.92. The summed E-state index contributed by atoms with van der Waals surface area (Å²) in [5.74, 6) is 0. The quantitative estimate of drug-likeness (QED) is 0.690. The zero-order valence-electron chi connectivity index (χ0n) is 10.3. The van der Waals surface area contributed by atoms with E-state index in [1.165, 1.54) is 0 Å². The lowest BCUT2D eigenvalue weighted by molar-refractivity contribution is 0.570. The van der Waals surface area contributed by atoms with Crippen LogP contribution >= 0.6 is 55.1 Å². The van der Waals surface area contributed by atoms with E-state index >= 15 is 0 Å². The Balaban J connectivity index is 2.40. The van der Waals surface area contributed by atoms with Crippen LogP contribution in [0.15, 0.2) is 45.3 Å². The lowest BCUT2D eigenvalue weighted by atomic mass is 9.95. The van der Waals surface area contributed by atoms with E-state index in [4.69, 9.17) is 34.7 Å². The molecule has 2 aromatic carbocycles. The lowest BCUT2D eigenvalue weighted by Gasteiger charge is -2.23. The molecular weight excluding hydrogens is 427 g/mol. The number of hydrogen-bond acceptors (Lipinski definition) is 2. The van der Waals surface area contributed by atoms with E-state index in [0.29, 0.717) is 10.0 Å². The minimum absolute atomic E-state index is 0.405. The van der Waals surface area contributed by atoms with Gasteiger partial charge in [0.1, 0.15) is 0 Å². The van der Waals surface area contributed by atoms with Crippen molar-refractivity contribution in [1.29, 1.82) is 0 Å². The normalized spacial score (nSPS) is 14.1. The molecule has 0 radical (unpaired) electrons. The highest BCUT2D eigenvalue weighted by atomic mass is 79.9. The number of hydrogen-bond donors (Lipinski definition) is 2. The van der Waals surface area contributed by atoms with Crippen molar-refractivity contribution in [3.63, 3.8) is 0 Å². The van der Waals surface area contributed by atoms with Gasteiger partial charge in [0.05, 0.1) is 22.1 Å². The van der Waals surface area contributed by atoms with Crippen LogP contribution in [0.4, 0.5) is 0 Å². The highest BCUT2D eigenvalue weighted by Crippen LogP contribution is 2.37. The molecule has 2 atom stereocenters. The maximum Gasteiger partial charge on any atom is 0.0551 e. The highest BCUT2D eigenvalue weighted by molar-refractivity contribution is 9.11. The summed E-state index contributed by atoms with van der Waals surface area (Å²) in [4.78, 5) is 0. The summed E-state index contributed by atoms with van der Waals surface area (Å²) in [6, 6.07) is 10.3. The van der Waals surface area contributed by atoms with Gasteiger partial charge in [0.2, 0.25) is 0 Å². The van der Waals surface area contributed by atoms with Crippen molar-refractivity contribution in [3.8, 4) is 0 Å². The van der Waals surface area contributed by atoms with Crippen LogP contribution in [0.25, 0.3) is 0 Å². The Bertz CT molecular complexity index is 579. The standard InChI is InChI=1S/C14H12Br2Cl2N2/c15-11-7(3-1-5-9(11)17)13(19)14(20)8-4-2-6-10(18)12(8)16/h1-6,13-14H,19-20H2. The Kier molecular flexibility index (Phi) is 5.51. The molecule has 2 rings (SSSR count). The van der Waals surface area contributed by atoms with Gasteiger partial charge in [-0.1, -0.05) is 47.5 Å². The molecule has 0 bridgehead atoms. The molecule has 0 amide bonds. The predicted octanol–water partition coefficient (Wildman–Crippen LogP) is 5.22. The maximum absolute atomic E-state index is 6.28. The second-order valence-electron chi connectivity index (χ2n) is 4.34. The van der Waals surface area contributed by atoms with Gasteiger partial charge >= 0.3 is 0 Å². The summed E-state index contributed by atoms with van der Waals surface area (Å²) in [5, 5.41) is 1.21. The first-order chi connectivity index (χ1) is 9.43. The maximum atomic E-state index is 6.28. The van der Waals surface area contributed by atoms with Crippen LogP contribution in [-0.2, 0) is 0 Å². The van der Waals surface area contributed by atoms with Gasteiger partial charge in [-0.05, 0) is 55.1 Å². The highest BCUT2D eigenvalue weighted by Gasteiger charge is 2.22. The Morgan fingerprint density at radius 2 is 1.10 bits per heavy atom. The van der Waals surface area contributed by atoms with Gasteiger partial charge < -0.3 is 11.5 Å². The topological polar surface area (TPSA) is 52.0 Å². The first-order valence-electron chi connectivity index (χ1n) is 5.82. The van der Waals surface area contributed by atoms with Crippen molar-refractivity contribution >= 4 is 55.1 Å². The molecule has 106 valence electrons. The molecule has 2 unspecified atom stereocenters. The molecule has 0 spiro atoms. The van der Waals surface area contributed by atoms with Crippen molar-refractivity contribution < 1.29 is 0 Å². The van der Waals surface area contributed by atoms with E-state index in [1.54, 1.807) is 12.1 Å². The summed E-state index contributed by atoms with van der Waals surface area (Å²) < 4.78 is 1.53. The number of benzene rings is 2. The predicted molar refractivity (Wildman–Crippen MR) is 92.2 cm³/mol. The zero-order valence-corrected chi connectivity index (χ0v) is 15.0. The summed E-state index contributed by atoms with van der Waals surface area (Å²) in [6.45, 7) is 0. The molecule has 0 aliphatic heterocycles. The van der Waals surface area contributed by atoms with Gasteiger partial charge in [0, 0.05) is 8.95 Å². The average Bonchev–Trinajstić information content (AvgIpc) is 2.43. The van der Waals surface area contributed by atoms with Crippen LogP contribution in [0.5, 0.6) is 0 Å². The molecule has 0 aliphatic carbocycles. The minimum atomic E-state index is -0.405. The molecule has 2 nitrogen and oxygen atoms in total. The number of rotatable bonds is 3. The van der Waals surface area contributed by atoms with E-state index in [2.05, 4.69) is 31.9 Å². The SMILES string of the molecule is NC(c1cccc(Cl)c1Br)C(N)c1cccc(Cl)c1Br. The van der Waals surface area contributed by atoms with E-state index in [0.717, 1.165) is 20.1 Å². The summed E-state index contributed by atoms with van der Waals surface area (Å²) in [6.07, 6.45) is 0. The minimum Gasteiger partial charge on any atom is -0.322 e. The van der Waals surface area contributed by atoms with Crippen molar-refractivity contribution in [3.05, 3.63) is 66.5 Å². The molecule has 0 aromatic heterocycles. The third kappa shape index (κ3) is 3.21. The first-order valence-corrected chi connectivity index (χ1v) is 8.16. The molecule has 0 heterocycles. The fourth-order valence-corrected chi connectivity index (χ4v) is 3.36. The number of nitrogens with two attached hydrogens (primary N) is 2. The Morgan fingerprint density at radius 1 is 0.750 bits per heavy atom. The van der Waals surface area contributed by atoms with Crippen LogP contribution in [-0.4, -0.2) is 0 Å². The van der Waals surface area contributed by atoms with E-state index in [9.17, 15) is 0 Å². The molecule has 0 fully saturated rings. The summed E-state index contributed by atoms with van der Waals surface area (Å²) >= 11 is 19.1. The van der Waals surface area contributed by atoms with Crippen LogP contribution in [0.1, 0.15) is 23.2 Å². The van der Waals surface area contributed by atoms with Crippen LogP contribution < -0.4 is 11.5 Å². The van der Waals surface area contributed by atoms with Crippen LogP contribution in [0.3, 0.4) is 0 Å². The summed E-state index contributed by atoms with van der Waals surface area (Å²) in [5.41, 5.74) is 14.3. The lowest BCUT2D eigenvalue weighted by Crippen LogP contribution is -2.27. The second-order valence-corrected chi connectivity index (χ2v) is 6.74.